The van der Waals surface area contributed by atoms with E-state index in [0.29, 0.717) is 0 Å². The van der Waals surface area contributed by atoms with E-state index >= 15 is 0 Å². The monoisotopic (exact) mass is 232 g/mol. The van der Waals surface area contributed by atoms with Crippen LogP contribution in [0.4, 0.5) is 11.4 Å². The molecule has 2 N–H and O–H groups in total. The lowest BCUT2D eigenvalue weighted by Gasteiger charge is -2.32. The van der Waals surface area contributed by atoms with Crippen LogP contribution in [0.3, 0.4) is 0 Å². The summed E-state index contributed by atoms with van der Waals surface area (Å²) in [6.07, 6.45) is 7.75. The van der Waals surface area contributed by atoms with E-state index in [4.69, 9.17) is 5.73 Å². The van der Waals surface area contributed by atoms with Crippen molar-refractivity contribution in [3.63, 3.8) is 0 Å². The van der Waals surface area contributed by atoms with Crippen molar-refractivity contribution in [3.05, 3.63) is 23.8 Å². The summed E-state index contributed by atoms with van der Waals surface area (Å²) in [4.78, 5) is 2.49. The highest BCUT2D eigenvalue weighted by molar-refractivity contribution is 5.72. The number of rotatable bonds is 5. The summed E-state index contributed by atoms with van der Waals surface area (Å²) in [5.74, 6) is 0. The van der Waals surface area contributed by atoms with E-state index in [2.05, 4.69) is 24.0 Å². The van der Waals surface area contributed by atoms with E-state index < -0.39 is 0 Å². The Bertz CT molecular complexity index is 360. The van der Waals surface area contributed by atoms with Crippen molar-refractivity contribution < 1.29 is 0 Å². The third-order valence-corrected chi connectivity index (χ3v) is 3.62. The number of aryl methyl sites for hydroxylation is 1. The lowest BCUT2D eigenvalue weighted by atomic mass is 10.00. The summed E-state index contributed by atoms with van der Waals surface area (Å²) in [6.45, 7) is 4.60. The molecule has 0 radical (unpaired) electrons. The van der Waals surface area contributed by atoms with Gasteiger partial charge in [-0.2, -0.15) is 0 Å². The van der Waals surface area contributed by atoms with Crippen LogP contribution in [0, 0.1) is 0 Å². The fourth-order valence-corrected chi connectivity index (χ4v) is 2.72. The number of fused-ring (bicyclic) bond motifs is 1. The zero-order valence-electron chi connectivity index (χ0n) is 10.9. The Balaban J connectivity index is 2.01. The summed E-state index contributed by atoms with van der Waals surface area (Å²) in [5.41, 5.74) is 9.83. The Morgan fingerprint density at radius 2 is 2.12 bits per heavy atom. The minimum Gasteiger partial charge on any atom is -0.397 e. The first-order valence-corrected chi connectivity index (χ1v) is 6.95. The van der Waals surface area contributed by atoms with E-state index in [9.17, 15) is 0 Å². The normalized spacial score (nSPS) is 14.8. The summed E-state index contributed by atoms with van der Waals surface area (Å²) >= 11 is 0. The van der Waals surface area contributed by atoms with Gasteiger partial charge in [-0.15, -0.1) is 0 Å². The van der Waals surface area contributed by atoms with Gasteiger partial charge < -0.3 is 10.6 Å². The van der Waals surface area contributed by atoms with E-state index in [1.165, 1.54) is 62.9 Å². The number of anilines is 2. The Hall–Kier alpha value is -1.18. The number of nitrogen functional groups attached to an aromatic ring is 1. The number of hydrogen-bond donors (Lipinski definition) is 1. The van der Waals surface area contributed by atoms with Crippen LogP contribution in [0.1, 0.15) is 44.6 Å². The van der Waals surface area contributed by atoms with Crippen molar-refractivity contribution in [1.82, 2.24) is 0 Å². The SMILES string of the molecule is CCCCCCN1CCCc2cccc(N)c21. The molecule has 1 aromatic carbocycles. The molecule has 17 heavy (non-hydrogen) atoms. The number of para-hydroxylation sites is 1. The Kier molecular flexibility index (Phi) is 4.29. The first-order chi connectivity index (χ1) is 8.33. The molecule has 0 spiro atoms. The highest BCUT2D eigenvalue weighted by Gasteiger charge is 2.18. The molecule has 1 aromatic rings. The van der Waals surface area contributed by atoms with Gasteiger partial charge in [0.2, 0.25) is 0 Å². The predicted octanol–water partition coefficient (Wildman–Crippen LogP) is 3.60. The largest absolute Gasteiger partial charge is 0.397 e. The average Bonchev–Trinajstić information content (AvgIpc) is 2.35. The molecule has 1 aliphatic heterocycles. The van der Waals surface area contributed by atoms with E-state index in [-0.39, 0.29) is 0 Å². The van der Waals surface area contributed by atoms with Gasteiger partial charge in [0, 0.05) is 13.1 Å². The maximum Gasteiger partial charge on any atom is 0.0632 e. The number of unbranched alkanes of at least 4 members (excludes halogenated alkanes) is 3. The molecule has 0 unspecified atom stereocenters. The topological polar surface area (TPSA) is 29.3 Å². The van der Waals surface area contributed by atoms with Crippen LogP contribution >= 0.6 is 0 Å². The van der Waals surface area contributed by atoms with Gasteiger partial charge >= 0.3 is 0 Å². The van der Waals surface area contributed by atoms with Crippen LogP contribution in [0.25, 0.3) is 0 Å². The van der Waals surface area contributed by atoms with Gasteiger partial charge in [-0.3, -0.25) is 0 Å². The van der Waals surface area contributed by atoms with Crippen LogP contribution in [0.2, 0.25) is 0 Å². The lowest BCUT2D eigenvalue weighted by Crippen LogP contribution is -2.31. The molecule has 2 heteroatoms. The lowest BCUT2D eigenvalue weighted by molar-refractivity contribution is 0.619. The van der Waals surface area contributed by atoms with E-state index in [1.807, 2.05) is 6.07 Å². The number of nitrogens with zero attached hydrogens (tertiary/aromatic N) is 1. The van der Waals surface area contributed by atoms with Crippen molar-refractivity contribution in [2.24, 2.45) is 0 Å². The summed E-state index contributed by atoms with van der Waals surface area (Å²) in [5, 5.41) is 0. The fraction of sp³-hybridized carbons (Fsp3) is 0.600. The second-order valence-corrected chi connectivity index (χ2v) is 5.01. The van der Waals surface area contributed by atoms with Gasteiger partial charge in [0.05, 0.1) is 11.4 Å². The van der Waals surface area contributed by atoms with Crippen molar-refractivity contribution in [1.29, 1.82) is 0 Å². The highest BCUT2D eigenvalue weighted by atomic mass is 15.1. The zero-order valence-corrected chi connectivity index (χ0v) is 10.9. The molecule has 94 valence electrons. The van der Waals surface area contributed by atoms with Crippen molar-refractivity contribution in [2.45, 2.75) is 45.4 Å². The molecule has 2 nitrogen and oxygen atoms in total. The molecule has 0 atom stereocenters. The fourth-order valence-electron chi connectivity index (χ4n) is 2.72. The second-order valence-electron chi connectivity index (χ2n) is 5.01. The van der Waals surface area contributed by atoms with Crippen molar-refractivity contribution >= 4 is 11.4 Å². The molecule has 0 saturated heterocycles. The average molecular weight is 232 g/mol. The van der Waals surface area contributed by atoms with Crippen molar-refractivity contribution in [2.75, 3.05) is 23.7 Å². The van der Waals surface area contributed by atoms with Crippen LogP contribution in [-0.2, 0) is 6.42 Å². The number of hydrogen-bond acceptors (Lipinski definition) is 2. The Morgan fingerprint density at radius 1 is 1.24 bits per heavy atom. The molecule has 1 aliphatic rings. The third kappa shape index (κ3) is 2.93. The third-order valence-electron chi connectivity index (χ3n) is 3.62. The van der Waals surface area contributed by atoms with Gasteiger partial charge in [0.25, 0.3) is 0 Å². The summed E-state index contributed by atoms with van der Waals surface area (Å²) in [7, 11) is 0. The molecule has 0 amide bonds. The molecule has 0 aliphatic carbocycles. The minimum atomic E-state index is 0.956. The maximum atomic E-state index is 6.12. The summed E-state index contributed by atoms with van der Waals surface area (Å²) in [6, 6.07) is 6.34. The van der Waals surface area contributed by atoms with Gasteiger partial charge in [0.1, 0.15) is 0 Å². The van der Waals surface area contributed by atoms with Gasteiger partial charge in [-0.1, -0.05) is 38.3 Å². The van der Waals surface area contributed by atoms with Crippen LogP contribution in [0.5, 0.6) is 0 Å². The first-order valence-electron chi connectivity index (χ1n) is 6.95. The van der Waals surface area contributed by atoms with Crippen molar-refractivity contribution in [3.8, 4) is 0 Å². The van der Waals surface area contributed by atoms with Gasteiger partial charge in [-0.05, 0) is 30.9 Å². The smallest absolute Gasteiger partial charge is 0.0632 e. The molecular weight excluding hydrogens is 208 g/mol. The molecule has 1 heterocycles. The molecule has 2 rings (SSSR count). The molecule has 0 aromatic heterocycles. The molecule has 0 fully saturated rings. The Labute approximate surface area is 105 Å². The predicted molar refractivity (Wildman–Crippen MR) is 75.5 cm³/mol. The van der Waals surface area contributed by atoms with Gasteiger partial charge in [0.15, 0.2) is 0 Å². The molecule has 0 bridgehead atoms. The van der Waals surface area contributed by atoms with Crippen LogP contribution in [-0.4, -0.2) is 13.1 Å². The number of benzene rings is 1. The van der Waals surface area contributed by atoms with Crippen LogP contribution in [0.15, 0.2) is 18.2 Å². The first kappa shape index (κ1) is 12.3. The quantitative estimate of drug-likeness (QED) is 0.621. The maximum absolute atomic E-state index is 6.12. The van der Waals surface area contributed by atoms with Crippen LogP contribution < -0.4 is 10.6 Å². The standard InChI is InChI=1S/C15H24N2/c1-2-3-4-5-11-17-12-7-9-13-8-6-10-14(16)15(13)17/h6,8,10H,2-5,7,9,11-12,16H2,1H3. The molecule has 0 saturated carbocycles. The zero-order chi connectivity index (χ0) is 12.1. The summed E-state index contributed by atoms with van der Waals surface area (Å²) < 4.78 is 0. The van der Waals surface area contributed by atoms with Gasteiger partial charge in [-0.25, -0.2) is 0 Å². The highest BCUT2D eigenvalue weighted by Crippen LogP contribution is 2.32. The minimum absolute atomic E-state index is 0.956. The second kappa shape index (κ2) is 5.95. The number of nitrogens with two attached hydrogens (primary N) is 1. The van der Waals surface area contributed by atoms with E-state index in [0.717, 1.165) is 5.69 Å². The van der Waals surface area contributed by atoms with E-state index in [1.54, 1.807) is 0 Å². The molecular formula is C15H24N2. The Morgan fingerprint density at radius 3 is 2.94 bits per heavy atom.